The van der Waals surface area contributed by atoms with Crippen LogP contribution in [0.4, 0.5) is 0 Å². The Morgan fingerprint density at radius 2 is 0.537 bits per heavy atom. The molecule has 0 saturated heterocycles. The first-order valence-electron chi connectivity index (χ1n) is 35.8. The molecule has 0 fully saturated rings. The summed E-state index contributed by atoms with van der Waals surface area (Å²) in [5.74, 6) is 3.75. The minimum atomic E-state index is 0.587. The van der Waals surface area contributed by atoms with Crippen molar-refractivity contribution in [3.8, 4) is 113 Å². The van der Waals surface area contributed by atoms with E-state index in [-0.39, 0.29) is 0 Å². The summed E-state index contributed by atoms with van der Waals surface area (Å²) in [5, 5.41) is 11.0. The Bertz CT molecular complexity index is 7290. The van der Waals surface area contributed by atoms with Gasteiger partial charge in [0.25, 0.3) is 0 Å². The minimum Gasteiger partial charge on any atom is -0.455 e. The lowest BCUT2D eigenvalue weighted by atomic mass is 9.99. The standard InChI is InChI=1S/2C48H28N4OS/c1-3-12-30(13-4-1)43-42-38-28-33(26-27-40(38)53-44(42)37-17-7-9-20-39(37)49-43)48-51-46(31-14-5-2-6-15-31)50-47(52-48)32-24-22-29(23-25-32)34-18-11-19-36-35-16-8-10-21-41(35)54-45(34)36;1-3-12-30(13-4-1)43-42-38-28-33(26-27-40(38)53-44(42)36-17-7-9-20-39(36)49-43)29-22-24-32(25-23-29)47-50-46(31-14-5-2-6-15-31)51-48(52-47)37-19-11-18-35-34-16-8-10-21-41(34)54-45(35)37/h2*1-28H. The Morgan fingerprint density at radius 1 is 0.204 bits per heavy atom. The molecule has 0 amide bonds. The number of rotatable bonds is 10. The molecule has 0 spiro atoms. The van der Waals surface area contributed by atoms with Crippen LogP contribution in [0.15, 0.2) is 349 Å². The molecule has 8 aromatic heterocycles. The molecule has 0 bridgehead atoms. The lowest BCUT2D eigenvalue weighted by Gasteiger charge is -2.10. The van der Waals surface area contributed by atoms with E-state index in [1.54, 1.807) is 11.3 Å². The van der Waals surface area contributed by atoms with E-state index >= 15 is 0 Å². The predicted molar refractivity (Wildman–Crippen MR) is 445 cm³/mol. The van der Waals surface area contributed by atoms with Crippen molar-refractivity contribution in [1.82, 2.24) is 39.9 Å². The lowest BCUT2D eigenvalue weighted by molar-refractivity contribution is 0.672. The van der Waals surface area contributed by atoms with Crippen LogP contribution in [-0.2, 0) is 0 Å². The van der Waals surface area contributed by atoms with E-state index in [0.29, 0.717) is 34.9 Å². The van der Waals surface area contributed by atoms with Crippen molar-refractivity contribution in [1.29, 1.82) is 0 Å². The molecule has 8 heterocycles. The molecule has 0 unspecified atom stereocenters. The molecule has 0 aliphatic rings. The van der Waals surface area contributed by atoms with Gasteiger partial charge >= 0.3 is 0 Å². The first-order valence-corrected chi connectivity index (χ1v) is 37.4. The summed E-state index contributed by atoms with van der Waals surface area (Å²) in [5.41, 5.74) is 19.1. The second-order valence-corrected chi connectivity index (χ2v) is 28.9. The Labute approximate surface area is 626 Å². The third-order valence-corrected chi connectivity index (χ3v) is 22.7. The van der Waals surface area contributed by atoms with Gasteiger partial charge < -0.3 is 8.83 Å². The van der Waals surface area contributed by atoms with Crippen LogP contribution in [0, 0.1) is 0 Å². The Hall–Kier alpha value is -14.0. The molecule has 108 heavy (non-hydrogen) atoms. The van der Waals surface area contributed by atoms with Crippen molar-refractivity contribution in [3.05, 3.63) is 340 Å². The van der Waals surface area contributed by atoms with Crippen molar-refractivity contribution >= 4 is 129 Å². The quantitative estimate of drug-likeness (QED) is 0.130. The average Bonchev–Trinajstić information content (AvgIpc) is 1.55. The first kappa shape index (κ1) is 62.5. The van der Waals surface area contributed by atoms with Crippen LogP contribution in [0.1, 0.15) is 0 Å². The van der Waals surface area contributed by atoms with E-state index in [1.807, 2.05) is 145 Å². The zero-order valence-electron chi connectivity index (χ0n) is 57.5. The fraction of sp³-hybridized carbons (Fsp3) is 0. The molecule has 14 aromatic carbocycles. The summed E-state index contributed by atoms with van der Waals surface area (Å²) in [4.78, 5) is 40.7. The van der Waals surface area contributed by atoms with Gasteiger partial charge in [0.05, 0.1) is 33.2 Å². The van der Waals surface area contributed by atoms with E-state index in [1.165, 1.54) is 45.9 Å². The number of para-hydroxylation sites is 2. The molecule has 0 aliphatic heterocycles. The normalized spacial score (nSPS) is 11.7. The number of aromatic nitrogens is 8. The summed E-state index contributed by atoms with van der Waals surface area (Å²) in [7, 11) is 0. The van der Waals surface area contributed by atoms with Gasteiger partial charge in [-0.1, -0.05) is 267 Å². The van der Waals surface area contributed by atoms with Crippen LogP contribution in [-0.4, -0.2) is 39.9 Å². The maximum Gasteiger partial charge on any atom is 0.165 e. The van der Waals surface area contributed by atoms with Gasteiger partial charge in [-0.2, -0.15) is 0 Å². The number of pyridine rings is 2. The van der Waals surface area contributed by atoms with Gasteiger partial charge in [0.2, 0.25) is 0 Å². The first-order chi connectivity index (χ1) is 53.5. The fourth-order valence-electron chi connectivity index (χ4n) is 15.1. The molecule has 22 aromatic rings. The van der Waals surface area contributed by atoms with Gasteiger partial charge in [-0.15, -0.1) is 22.7 Å². The van der Waals surface area contributed by atoms with Crippen molar-refractivity contribution in [2.24, 2.45) is 0 Å². The lowest BCUT2D eigenvalue weighted by Crippen LogP contribution is -2.00. The summed E-state index contributed by atoms with van der Waals surface area (Å²) < 4.78 is 18.2. The summed E-state index contributed by atoms with van der Waals surface area (Å²) >= 11 is 3.62. The fourth-order valence-corrected chi connectivity index (χ4v) is 17.5. The second-order valence-electron chi connectivity index (χ2n) is 26.8. The van der Waals surface area contributed by atoms with Gasteiger partial charge in [-0.3, -0.25) is 0 Å². The SMILES string of the molecule is c1ccc(-c2nc(-c3ccc(-c4ccc5oc6c7ccccc7nc(-c7ccccc7)c6c5c4)cc3)nc(-c3cccc4c3sc3ccccc34)n2)cc1.c1ccc(-c2nc(-c3ccc(-c4cccc5c4sc4ccccc45)cc3)nc(-c3ccc4oc5c6ccccc6nc(-c6ccccc6)c5c4c3)n2)cc1. The van der Waals surface area contributed by atoms with Gasteiger partial charge in [0.1, 0.15) is 22.3 Å². The highest BCUT2D eigenvalue weighted by atomic mass is 32.1. The van der Waals surface area contributed by atoms with Crippen molar-refractivity contribution in [2.45, 2.75) is 0 Å². The molecule has 10 nitrogen and oxygen atoms in total. The second kappa shape index (κ2) is 26.0. The minimum absolute atomic E-state index is 0.587. The van der Waals surface area contributed by atoms with E-state index < -0.39 is 0 Å². The van der Waals surface area contributed by atoms with Crippen LogP contribution >= 0.6 is 22.7 Å². The van der Waals surface area contributed by atoms with Crippen LogP contribution in [0.25, 0.3) is 219 Å². The zero-order valence-corrected chi connectivity index (χ0v) is 59.2. The van der Waals surface area contributed by atoms with Crippen LogP contribution in [0.3, 0.4) is 0 Å². The highest BCUT2D eigenvalue weighted by Crippen LogP contribution is 2.46. The van der Waals surface area contributed by atoms with E-state index in [9.17, 15) is 0 Å². The summed E-state index contributed by atoms with van der Waals surface area (Å²) in [6.07, 6.45) is 0. The number of furan rings is 2. The number of benzene rings is 14. The van der Waals surface area contributed by atoms with E-state index in [2.05, 4.69) is 206 Å². The maximum absolute atomic E-state index is 6.60. The van der Waals surface area contributed by atoms with E-state index in [0.717, 1.165) is 138 Å². The third-order valence-electron chi connectivity index (χ3n) is 20.3. The monoisotopic (exact) mass is 1420 g/mol. The van der Waals surface area contributed by atoms with Gasteiger partial charge in [-0.05, 0) is 95.1 Å². The van der Waals surface area contributed by atoms with Gasteiger partial charge in [-0.25, -0.2) is 39.9 Å². The Balaban J connectivity index is 0.000000138. The van der Waals surface area contributed by atoms with Gasteiger partial charge in [0, 0.05) is 106 Å². The summed E-state index contributed by atoms with van der Waals surface area (Å²) in [6, 6.07) is 117. The molecule has 12 heteroatoms. The molecular formula is C96H56N8O2S2. The summed E-state index contributed by atoms with van der Waals surface area (Å²) in [6.45, 7) is 0. The number of thiophene rings is 2. The zero-order chi connectivity index (χ0) is 71.2. The Kier molecular flexibility index (Phi) is 15.0. The van der Waals surface area contributed by atoms with Crippen molar-refractivity contribution in [2.75, 3.05) is 0 Å². The van der Waals surface area contributed by atoms with Crippen LogP contribution < -0.4 is 0 Å². The highest BCUT2D eigenvalue weighted by molar-refractivity contribution is 7.26. The molecule has 22 rings (SSSR count). The number of hydrogen-bond donors (Lipinski definition) is 0. The Morgan fingerprint density at radius 3 is 1.02 bits per heavy atom. The largest absolute Gasteiger partial charge is 0.455 e. The van der Waals surface area contributed by atoms with Crippen molar-refractivity contribution in [3.63, 3.8) is 0 Å². The molecule has 0 atom stereocenters. The number of fused-ring (bicyclic) bond motifs is 16. The predicted octanol–water partition coefficient (Wildman–Crippen LogP) is 26.0. The highest BCUT2D eigenvalue weighted by Gasteiger charge is 2.24. The topological polar surface area (TPSA) is 129 Å². The number of hydrogen-bond acceptors (Lipinski definition) is 12. The molecule has 0 aliphatic carbocycles. The molecule has 0 saturated carbocycles. The average molecular weight is 1420 g/mol. The molecular weight excluding hydrogens is 1360 g/mol. The molecule has 504 valence electrons. The van der Waals surface area contributed by atoms with E-state index in [4.69, 9.17) is 48.7 Å². The smallest absolute Gasteiger partial charge is 0.165 e. The van der Waals surface area contributed by atoms with Gasteiger partial charge in [0.15, 0.2) is 34.9 Å². The molecule has 0 N–H and O–H groups in total. The van der Waals surface area contributed by atoms with Crippen LogP contribution in [0.5, 0.6) is 0 Å². The number of nitrogens with zero attached hydrogens (tertiary/aromatic N) is 8. The van der Waals surface area contributed by atoms with Crippen LogP contribution in [0.2, 0.25) is 0 Å². The van der Waals surface area contributed by atoms with Crippen molar-refractivity contribution < 1.29 is 8.83 Å². The third kappa shape index (κ3) is 10.9. The maximum atomic E-state index is 6.60. The molecule has 0 radical (unpaired) electrons.